The number of nitrogen functional groups attached to an aromatic ring is 1. The molecule has 0 spiro atoms. The highest BCUT2D eigenvalue weighted by Crippen LogP contribution is 2.57. The highest BCUT2D eigenvalue weighted by atomic mass is 14.5. The van der Waals surface area contributed by atoms with Gasteiger partial charge in [-0.05, 0) is 102 Å². The van der Waals surface area contributed by atoms with Crippen molar-refractivity contribution in [2.24, 2.45) is 0 Å². The first kappa shape index (κ1) is 23.5. The van der Waals surface area contributed by atoms with Crippen LogP contribution in [0.25, 0.3) is 77.5 Å². The summed E-state index contributed by atoms with van der Waals surface area (Å²) in [6.07, 6.45) is 0. The van der Waals surface area contributed by atoms with E-state index in [9.17, 15) is 0 Å². The van der Waals surface area contributed by atoms with Crippen LogP contribution in [0.4, 0.5) is 5.69 Å². The molecule has 7 aromatic carbocycles. The normalized spacial score (nSPS) is 11.5. The molecular weight excluding hydrogens is 494 g/mol. The van der Waals surface area contributed by atoms with Gasteiger partial charge in [-0.3, -0.25) is 0 Å². The Labute approximate surface area is 240 Å². The van der Waals surface area contributed by atoms with Crippen LogP contribution < -0.4 is 5.73 Å². The van der Waals surface area contributed by atoms with E-state index >= 15 is 0 Å². The van der Waals surface area contributed by atoms with Gasteiger partial charge < -0.3 is 5.73 Å². The lowest BCUT2D eigenvalue weighted by atomic mass is 9.82. The molecule has 1 aliphatic rings. The molecule has 192 valence electrons. The monoisotopic (exact) mass is 521 g/mol. The molecule has 0 fully saturated rings. The van der Waals surface area contributed by atoms with Crippen molar-refractivity contribution in [2.75, 3.05) is 5.73 Å². The predicted octanol–water partition coefficient (Wildman–Crippen LogP) is 10.7. The maximum atomic E-state index is 6.00. The lowest BCUT2D eigenvalue weighted by molar-refractivity contribution is 1.55. The smallest absolute Gasteiger partial charge is 0.0314 e. The Morgan fingerprint density at radius 1 is 0.317 bits per heavy atom. The summed E-state index contributed by atoms with van der Waals surface area (Å²) in [7, 11) is 0. The Bertz CT molecular complexity index is 2070. The second-order valence-corrected chi connectivity index (χ2v) is 10.7. The van der Waals surface area contributed by atoms with Crippen molar-refractivity contribution in [3.05, 3.63) is 152 Å². The fourth-order valence-electron chi connectivity index (χ4n) is 6.51. The molecule has 41 heavy (non-hydrogen) atoms. The highest BCUT2D eigenvalue weighted by molar-refractivity contribution is 6.22. The average Bonchev–Trinajstić information content (AvgIpc) is 3.37. The second-order valence-electron chi connectivity index (χ2n) is 10.7. The van der Waals surface area contributed by atoms with Crippen LogP contribution in [0, 0.1) is 0 Å². The summed E-state index contributed by atoms with van der Waals surface area (Å²) >= 11 is 0. The lowest BCUT2D eigenvalue weighted by Gasteiger charge is -2.21. The van der Waals surface area contributed by atoms with Gasteiger partial charge in [0.15, 0.2) is 0 Å². The quantitative estimate of drug-likeness (QED) is 0.229. The summed E-state index contributed by atoms with van der Waals surface area (Å²) in [6, 6.07) is 54.6. The van der Waals surface area contributed by atoms with E-state index < -0.39 is 0 Å². The third-order valence-electron chi connectivity index (χ3n) is 8.34. The minimum atomic E-state index is 0.774. The molecule has 0 heterocycles. The van der Waals surface area contributed by atoms with Gasteiger partial charge in [0.05, 0.1) is 0 Å². The molecule has 0 atom stereocenters. The molecule has 1 aliphatic carbocycles. The zero-order chi connectivity index (χ0) is 27.3. The molecule has 0 radical (unpaired) electrons. The summed E-state index contributed by atoms with van der Waals surface area (Å²) in [4.78, 5) is 0. The van der Waals surface area contributed by atoms with E-state index in [-0.39, 0.29) is 0 Å². The van der Waals surface area contributed by atoms with E-state index in [1.54, 1.807) is 0 Å². The molecule has 0 amide bonds. The third-order valence-corrected chi connectivity index (χ3v) is 8.34. The molecule has 0 saturated heterocycles. The minimum Gasteiger partial charge on any atom is -0.399 e. The number of nitrogens with two attached hydrogens (primary N) is 1. The first-order valence-electron chi connectivity index (χ1n) is 14.1. The van der Waals surface area contributed by atoms with Gasteiger partial charge in [-0.1, -0.05) is 127 Å². The molecular formula is C40H27N. The van der Waals surface area contributed by atoms with Gasteiger partial charge in [0.2, 0.25) is 0 Å². The van der Waals surface area contributed by atoms with Crippen LogP contribution in [0.15, 0.2) is 152 Å². The summed E-state index contributed by atoms with van der Waals surface area (Å²) in [6.45, 7) is 0. The number of anilines is 1. The topological polar surface area (TPSA) is 26.0 Å². The van der Waals surface area contributed by atoms with Crippen molar-refractivity contribution in [3.8, 4) is 66.8 Å². The molecule has 8 rings (SSSR count). The van der Waals surface area contributed by atoms with Crippen molar-refractivity contribution >= 4 is 16.5 Å². The SMILES string of the molecule is Nc1ccc(-c2cccc(-c3cc(-c4ccccc4)c4c(c3-c3ccccc3)-c3cccc5cccc-4c35)c2)cc1. The van der Waals surface area contributed by atoms with Gasteiger partial charge in [-0.25, -0.2) is 0 Å². The Balaban J connectivity index is 1.50. The third kappa shape index (κ3) is 3.78. The number of hydrogen-bond donors (Lipinski definition) is 1. The first-order chi connectivity index (χ1) is 20.3. The van der Waals surface area contributed by atoms with Crippen molar-refractivity contribution in [2.45, 2.75) is 0 Å². The Morgan fingerprint density at radius 2 is 0.878 bits per heavy atom. The van der Waals surface area contributed by atoms with Gasteiger partial charge >= 0.3 is 0 Å². The van der Waals surface area contributed by atoms with E-state index in [0.29, 0.717) is 0 Å². The molecule has 1 nitrogen and oxygen atoms in total. The van der Waals surface area contributed by atoms with Crippen molar-refractivity contribution in [1.29, 1.82) is 0 Å². The van der Waals surface area contributed by atoms with E-state index in [2.05, 4.69) is 140 Å². The summed E-state index contributed by atoms with van der Waals surface area (Å²) in [5.41, 5.74) is 21.8. The second kappa shape index (κ2) is 9.36. The molecule has 0 aliphatic heterocycles. The highest BCUT2D eigenvalue weighted by Gasteiger charge is 2.30. The zero-order valence-corrected chi connectivity index (χ0v) is 22.5. The zero-order valence-electron chi connectivity index (χ0n) is 22.5. The predicted molar refractivity (Wildman–Crippen MR) is 175 cm³/mol. The van der Waals surface area contributed by atoms with E-state index in [1.807, 2.05) is 12.1 Å². The Morgan fingerprint density at radius 3 is 1.59 bits per heavy atom. The fraction of sp³-hybridized carbons (Fsp3) is 0. The maximum absolute atomic E-state index is 6.00. The largest absolute Gasteiger partial charge is 0.399 e. The molecule has 0 bridgehead atoms. The Kier molecular flexibility index (Phi) is 5.36. The van der Waals surface area contributed by atoms with Gasteiger partial charge in [0.25, 0.3) is 0 Å². The number of hydrogen-bond acceptors (Lipinski definition) is 1. The van der Waals surface area contributed by atoms with Crippen LogP contribution in [0.5, 0.6) is 0 Å². The van der Waals surface area contributed by atoms with Gasteiger partial charge in [0, 0.05) is 5.69 Å². The van der Waals surface area contributed by atoms with Crippen molar-refractivity contribution in [1.82, 2.24) is 0 Å². The maximum Gasteiger partial charge on any atom is 0.0314 e. The average molecular weight is 522 g/mol. The van der Waals surface area contributed by atoms with Crippen LogP contribution in [-0.2, 0) is 0 Å². The number of fused-ring (bicyclic) bond motifs is 3. The van der Waals surface area contributed by atoms with Gasteiger partial charge in [-0.2, -0.15) is 0 Å². The van der Waals surface area contributed by atoms with Crippen LogP contribution in [0.2, 0.25) is 0 Å². The van der Waals surface area contributed by atoms with Crippen molar-refractivity contribution < 1.29 is 0 Å². The van der Waals surface area contributed by atoms with E-state index in [1.165, 1.54) is 72.0 Å². The van der Waals surface area contributed by atoms with E-state index in [0.717, 1.165) is 11.3 Å². The Hall–Kier alpha value is -5.40. The first-order valence-corrected chi connectivity index (χ1v) is 14.1. The molecule has 2 N–H and O–H groups in total. The molecule has 0 unspecified atom stereocenters. The van der Waals surface area contributed by atoms with Crippen LogP contribution in [-0.4, -0.2) is 0 Å². The molecule has 7 aromatic rings. The molecule has 1 heteroatoms. The van der Waals surface area contributed by atoms with Crippen LogP contribution in [0.3, 0.4) is 0 Å². The molecule has 0 aromatic heterocycles. The minimum absolute atomic E-state index is 0.774. The summed E-state index contributed by atoms with van der Waals surface area (Å²) in [5, 5.41) is 2.62. The number of benzene rings is 7. The van der Waals surface area contributed by atoms with Crippen LogP contribution in [0.1, 0.15) is 0 Å². The summed E-state index contributed by atoms with van der Waals surface area (Å²) in [5.74, 6) is 0. The van der Waals surface area contributed by atoms with Gasteiger partial charge in [0.1, 0.15) is 0 Å². The standard InChI is InChI=1S/C40H27N/c41-32-22-20-26(21-23-32)30-16-7-17-31(24-30)36-25-35(27-10-3-1-4-11-27)39-33-18-8-14-28-15-9-19-34(37(28)33)40(39)38(36)29-12-5-2-6-13-29/h1-25H,41H2. The van der Waals surface area contributed by atoms with E-state index in [4.69, 9.17) is 5.73 Å². The summed E-state index contributed by atoms with van der Waals surface area (Å²) < 4.78 is 0. The fourth-order valence-corrected chi connectivity index (χ4v) is 6.51. The van der Waals surface area contributed by atoms with Crippen LogP contribution >= 0.6 is 0 Å². The van der Waals surface area contributed by atoms with Gasteiger partial charge in [-0.15, -0.1) is 0 Å². The molecule has 0 saturated carbocycles. The number of rotatable bonds is 4. The van der Waals surface area contributed by atoms with Crippen molar-refractivity contribution in [3.63, 3.8) is 0 Å². The lowest BCUT2D eigenvalue weighted by Crippen LogP contribution is -1.94.